The number of rotatable bonds is 6. The summed E-state index contributed by atoms with van der Waals surface area (Å²) in [6.45, 7) is 6.60. The molecule has 0 unspecified atom stereocenters. The zero-order valence-electron chi connectivity index (χ0n) is 39.0. The second-order valence-corrected chi connectivity index (χ2v) is 18.2. The van der Waals surface area contributed by atoms with E-state index in [1.165, 1.54) is 0 Å². The Morgan fingerprint density at radius 1 is 0.229 bits per heavy atom. The lowest BCUT2D eigenvalue weighted by atomic mass is 9.74. The van der Waals surface area contributed by atoms with Gasteiger partial charge < -0.3 is 47.4 Å². The summed E-state index contributed by atoms with van der Waals surface area (Å²) in [6.07, 6.45) is 0. The van der Waals surface area contributed by atoms with Crippen LogP contribution in [0.3, 0.4) is 0 Å². The first-order chi connectivity index (χ1) is 34.6. The first kappa shape index (κ1) is 49.4. The lowest BCUT2D eigenvalue weighted by molar-refractivity contribution is 0.00708. The van der Waals surface area contributed by atoms with E-state index in [1.54, 1.807) is 0 Å². The van der Waals surface area contributed by atoms with Crippen LogP contribution in [-0.4, -0.2) is 106 Å². The summed E-state index contributed by atoms with van der Waals surface area (Å²) >= 11 is 7.50. The summed E-state index contributed by atoms with van der Waals surface area (Å²) in [5.41, 5.74) is 12.2. The third-order valence-electron chi connectivity index (χ3n) is 11.8. The zero-order chi connectivity index (χ0) is 47.7. The molecule has 0 aliphatic carbocycles. The van der Waals surface area contributed by atoms with Gasteiger partial charge in [0.25, 0.3) is 0 Å². The lowest BCUT2D eigenvalue weighted by Gasteiger charge is -2.29. The fourth-order valence-electron chi connectivity index (χ4n) is 8.64. The minimum Gasteiger partial charge on any atom is -0.487 e. The van der Waals surface area contributed by atoms with E-state index in [1.807, 2.05) is 12.1 Å². The predicted octanol–water partition coefficient (Wildman–Crippen LogP) is 12.9. The average molecular weight is 1070 g/mol. The molecule has 0 saturated heterocycles. The van der Waals surface area contributed by atoms with Gasteiger partial charge in [0.05, 0.1) is 79.3 Å². The molecule has 0 N–H and O–H groups in total. The molecule has 0 atom stereocenters. The van der Waals surface area contributed by atoms with Gasteiger partial charge in [0.15, 0.2) is 23.0 Å². The van der Waals surface area contributed by atoms with Crippen LogP contribution in [0.4, 0.5) is 0 Å². The van der Waals surface area contributed by atoms with Gasteiger partial charge in [-0.05, 0) is 115 Å². The van der Waals surface area contributed by atoms with Gasteiger partial charge in [0.2, 0.25) is 0 Å². The molecule has 10 nitrogen and oxygen atoms in total. The zero-order valence-corrected chi connectivity index (χ0v) is 42.2. The van der Waals surface area contributed by atoms with E-state index >= 15 is 0 Å². The maximum atomic E-state index is 6.62. The topological polar surface area (TPSA) is 92.3 Å². The molecule has 2 aliphatic heterocycles. The quantitative estimate of drug-likeness (QED) is 0.160. The second kappa shape index (κ2) is 25.5. The van der Waals surface area contributed by atoms with Gasteiger partial charge in [-0.3, -0.25) is 0 Å². The molecular formula is C58H56Br2O10. The molecule has 0 fully saturated rings. The first-order valence-corrected chi connectivity index (χ1v) is 25.3. The number of hydrogen-bond donors (Lipinski definition) is 0. The molecule has 2 aliphatic rings. The Hall–Kier alpha value is -5.54. The van der Waals surface area contributed by atoms with Gasteiger partial charge in [-0.2, -0.15) is 0 Å². The van der Waals surface area contributed by atoms with Crippen LogP contribution in [0.5, 0.6) is 23.0 Å². The molecule has 0 bridgehead atoms. The van der Waals surface area contributed by atoms with Crippen molar-refractivity contribution in [3.05, 3.63) is 155 Å². The van der Waals surface area contributed by atoms with Gasteiger partial charge in [0.1, 0.15) is 26.4 Å². The smallest absolute Gasteiger partial charge is 0.161 e. The fourth-order valence-corrected chi connectivity index (χ4v) is 9.17. The molecule has 2 heterocycles. The molecule has 0 radical (unpaired) electrons. The van der Waals surface area contributed by atoms with Crippen LogP contribution in [0.15, 0.2) is 155 Å². The van der Waals surface area contributed by atoms with E-state index in [4.69, 9.17) is 47.4 Å². The minimum atomic E-state index is 0.306. The van der Waals surface area contributed by atoms with Crippen LogP contribution in [0.25, 0.3) is 66.8 Å². The Labute approximate surface area is 426 Å². The largest absolute Gasteiger partial charge is 0.487 e. The minimum absolute atomic E-state index is 0.306. The third kappa shape index (κ3) is 12.7. The Kier molecular flexibility index (Phi) is 18.0. The highest BCUT2D eigenvalue weighted by Crippen LogP contribution is 2.57. The van der Waals surface area contributed by atoms with E-state index in [-0.39, 0.29) is 0 Å². The highest BCUT2D eigenvalue weighted by Gasteiger charge is 2.30. The summed E-state index contributed by atoms with van der Waals surface area (Å²) in [7, 11) is 0. The SMILES string of the molecule is Brc1ccc(-c2c(-c3ccc(Br)cc3)c(-c3ccccc3)c(-c3ccc4c(c3)OCCOCCOCCOCCO4)c(-c3ccc4c(c3)OCCOCCOCCOCCO4)c2-c2ccccc2)cc1. The average Bonchev–Trinajstić information content (AvgIpc) is 3.41. The first-order valence-electron chi connectivity index (χ1n) is 23.8. The maximum Gasteiger partial charge on any atom is 0.161 e. The Morgan fingerprint density at radius 2 is 0.471 bits per heavy atom. The van der Waals surface area contributed by atoms with E-state index in [2.05, 4.69) is 165 Å². The van der Waals surface area contributed by atoms with Crippen molar-refractivity contribution in [3.8, 4) is 89.8 Å². The van der Waals surface area contributed by atoms with Gasteiger partial charge in [-0.25, -0.2) is 0 Å². The number of halogens is 2. The Balaban J connectivity index is 1.37. The van der Waals surface area contributed by atoms with E-state index in [0.29, 0.717) is 129 Å². The monoisotopic (exact) mass is 1070 g/mol. The van der Waals surface area contributed by atoms with Gasteiger partial charge in [-0.15, -0.1) is 0 Å². The summed E-state index contributed by atoms with van der Waals surface area (Å²) < 4.78 is 62.9. The molecule has 0 amide bonds. The third-order valence-corrected chi connectivity index (χ3v) is 12.8. The molecule has 7 aromatic carbocycles. The van der Waals surface area contributed by atoms with Crippen LogP contribution < -0.4 is 18.9 Å². The Morgan fingerprint density at radius 3 is 0.786 bits per heavy atom. The standard InChI is InChI=1S/C58H56Br2O10/c59-47-17-11-43(12-18-47)55-53(41-7-3-1-4-8-41)57(45-15-21-49-51(39-45)69-37-33-65-29-25-61-23-27-63-31-35-67-49)58(54(42-9-5-2-6-10-42)56(55)44-13-19-48(60)20-14-44)46-16-22-50-52(40-46)70-38-34-66-30-26-62-24-28-64-32-36-68-50/h1-22,39-40H,23-38H2. The van der Waals surface area contributed by atoms with Crippen molar-refractivity contribution in [2.24, 2.45) is 0 Å². The van der Waals surface area contributed by atoms with Gasteiger partial charge in [0, 0.05) is 8.95 Å². The van der Waals surface area contributed by atoms with E-state index < -0.39 is 0 Å². The van der Waals surface area contributed by atoms with Crippen LogP contribution >= 0.6 is 31.9 Å². The van der Waals surface area contributed by atoms with Crippen LogP contribution in [-0.2, 0) is 28.4 Å². The van der Waals surface area contributed by atoms with Crippen molar-refractivity contribution < 1.29 is 47.4 Å². The number of benzene rings is 7. The summed E-state index contributed by atoms with van der Waals surface area (Å²) in [5.74, 6) is 2.39. The number of ether oxygens (including phenoxy) is 10. The predicted molar refractivity (Wildman–Crippen MR) is 281 cm³/mol. The highest BCUT2D eigenvalue weighted by molar-refractivity contribution is 9.10. The van der Waals surface area contributed by atoms with Crippen molar-refractivity contribution in [3.63, 3.8) is 0 Å². The van der Waals surface area contributed by atoms with Crippen molar-refractivity contribution in [1.29, 1.82) is 0 Å². The van der Waals surface area contributed by atoms with Gasteiger partial charge >= 0.3 is 0 Å². The summed E-state index contributed by atoms with van der Waals surface area (Å²) in [4.78, 5) is 0. The number of fused-ring (bicyclic) bond motifs is 2. The molecule has 12 heteroatoms. The van der Waals surface area contributed by atoms with Crippen LogP contribution in [0, 0.1) is 0 Å². The van der Waals surface area contributed by atoms with Crippen molar-refractivity contribution in [2.45, 2.75) is 0 Å². The second-order valence-electron chi connectivity index (χ2n) is 16.4. The fraction of sp³-hybridized carbons (Fsp3) is 0.276. The molecule has 70 heavy (non-hydrogen) atoms. The maximum absolute atomic E-state index is 6.62. The molecule has 7 aromatic rings. The van der Waals surface area contributed by atoms with E-state index in [9.17, 15) is 0 Å². The normalized spacial score (nSPS) is 15.9. The van der Waals surface area contributed by atoms with Crippen molar-refractivity contribution >= 4 is 31.9 Å². The highest BCUT2D eigenvalue weighted by atomic mass is 79.9. The molecule has 0 saturated carbocycles. The molecular weight excluding hydrogens is 1020 g/mol. The van der Waals surface area contributed by atoms with Crippen LogP contribution in [0.1, 0.15) is 0 Å². The number of hydrogen-bond acceptors (Lipinski definition) is 10. The summed E-state index contributed by atoms with van der Waals surface area (Å²) in [5, 5.41) is 0. The lowest BCUT2D eigenvalue weighted by Crippen LogP contribution is -2.13. The van der Waals surface area contributed by atoms with Crippen molar-refractivity contribution in [1.82, 2.24) is 0 Å². The molecule has 0 spiro atoms. The summed E-state index contributed by atoms with van der Waals surface area (Å²) in [6, 6.07) is 51.0. The van der Waals surface area contributed by atoms with Gasteiger partial charge in [-0.1, -0.05) is 129 Å². The van der Waals surface area contributed by atoms with Crippen LogP contribution in [0.2, 0.25) is 0 Å². The molecule has 0 aromatic heterocycles. The van der Waals surface area contributed by atoms with E-state index in [0.717, 1.165) is 75.7 Å². The molecule has 362 valence electrons. The Bertz CT molecular complexity index is 2560. The molecule has 9 rings (SSSR count). The van der Waals surface area contributed by atoms with Crippen molar-refractivity contribution in [2.75, 3.05) is 106 Å².